The molecule has 0 spiro atoms. The van der Waals surface area contributed by atoms with E-state index in [2.05, 4.69) is 18.7 Å². The Morgan fingerprint density at radius 2 is 2.00 bits per heavy atom. The summed E-state index contributed by atoms with van der Waals surface area (Å²) in [4.78, 5) is 15.8. The molecular weight excluding hydrogens is 264 g/mol. The van der Waals surface area contributed by atoms with Gasteiger partial charge in [0.15, 0.2) is 6.10 Å². The van der Waals surface area contributed by atoms with Gasteiger partial charge in [0.1, 0.15) is 0 Å². The highest BCUT2D eigenvalue weighted by atomic mass is 16.3. The Morgan fingerprint density at radius 3 is 2.62 bits per heavy atom. The summed E-state index contributed by atoms with van der Waals surface area (Å²) < 4.78 is 0. The van der Waals surface area contributed by atoms with Crippen LogP contribution in [-0.2, 0) is 4.79 Å². The van der Waals surface area contributed by atoms with E-state index in [9.17, 15) is 9.90 Å². The molecule has 0 saturated carbocycles. The number of aliphatic hydroxyl groups is 1. The number of carbonyl (C=O) groups is 1. The third-order valence-electron chi connectivity index (χ3n) is 5.42. The van der Waals surface area contributed by atoms with Crippen LogP contribution in [0.1, 0.15) is 44.8 Å². The van der Waals surface area contributed by atoms with E-state index in [1.165, 1.54) is 19.3 Å². The predicted molar refractivity (Wildman–Crippen MR) is 84.7 cm³/mol. The van der Waals surface area contributed by atoms with Gasteiger partial charge in [0.2, 0.25) is 0 Å². The molecule has 4 nitrogen and oxygen atoms in total. The van der Waals surface area contributed by atoms with Crippen LogP contribution in [0.15, 0.2) is 18.2 Å². The summed E-state index contributed by atoms with van der Waals surface area (Å²) in [5.74, 6) is -0.237. The van der Waals surface area contributed by atoms with E-state index in [1.807, 2.05) is 18.2 Å². The van der Waals surface area contributed by atoms with Gasteiger partial charge in [-0.15, -0.1) is 0 Å². The number of hydrogen-bond donors (Lipinski definition) is 1. The Bertz CT molecular complexity index is 562. The summed E-state index contributed by atoms with van der Waals surface area (Å²) >= 11 is 0. The molecular formula is C17H24N2O2. The van der Waals surface area contributed by atoms with Gasteiger partial charge in [-0.05, 0) is 30.4 Å². The molecule has 0 aliphatic carbocycles. The molecule has 2 heterocycles. The molecule has 1 N–H and O–H groups in total. The van der Waals surface area contributed by atoms with Crippen molar-refractivity contribution in [1.29, 1.82) is 0 Å². The minimum atomic E-state index is -0.996. The predicted octanol–water partition coefficient (Wildman–Crippen LogP) is 2.71. The first-order valence-corrected chi connectivity index (χ1v) is 7.80. The lowest BCUT2D eigenvalue weighted by atomic mass is 9.78. The number of hydrogen-bond acceptors (Lipinski definition) is 3. The number of aliphatic hydroxyl groups excluding tert-OH is 1. The van der Waals surface area contributed by atoms with Gasteiger partial charge in [-0.3, -0.25) is 4.79 Å². The first-order chi connectivity index (χ1) is 9.95. The molecule has 114 valence electrons. The van der Waals surface area contributed by atoms with Gasteiger partial charge in [-0.2, -0.15) is 0 Å². The quantitative estimate of drug-likeness (QED) is 0.910. The monoisotopic (exact) mass is 288 g/mol. The largest absolute Gasteiger partial charge is 0.378 e. The van der Waals surface area contributed by atoms with Gasteiger partial charge in [0.25, 0.3) is 5.91 Å². The van der Waals surface area contributed by atoms with Crippen molar-refractivity contribution in [2.24, 2.45) is 5.41 Å². The normalized spacial score (nSPS) is 24.4. The fourth-order valence-electron chi connectivity index (χ4n) is 3.34. The van der Waals surface area contributed by atoms with Crippen LogP contribution in [0.25, 0.3) is 0 Å². The number of amides is 1. The smallest absolute Gasteiger partial charge is 0.260 e. The van der Waals surface area contributed by atoms with Crippen molar-refractivity contribution in [3.8, 4) is 0 Å². The molecule has 1 unspecified atom stereocenters. The molecule has 2 aliphatic heterocycles. The maximum absolute atomic E-state index is 11.8. The summed E-state index contributed by atoms with van der Waals surface area (Å²) in [6.07, 6.45) is 2.65. The second-order valence-electron chi connectivity index (χ2n) is 6.69. The van der Waals surface area contributed by atoms with E-state index >= 15 is 0 Å². The highest BCUT2D eigenvalue weighted by molar-refractivity contribution is 6.03. The number of benzene rings is 1. The van der Waals surface area contributed by atoms with Crippen LogP contribution < -0.4 is 9.80 Å². The number of anilines is 2. The summed E-state index contributed by atoms with van der Waals surface area (Å²) in [6, 6.07) is 5.96. The number of rotatable bonds is 2. The van der Waals surface area contributed by atoms with Crippen molar-refractivity contribution < 1.29 is 9.90 Å². The maximum Gasteiger partial charge on any atom is 0.260 e. The zero-order valence-corrected chi connectivity index (χ0v) is 13.1. The molecule has 1 amide bonds. The molecule has 4 heteroatoms. The second-order valence-corrected chi connectivity index (χ2v) is 6.69. The van der Waals surface area contributed by atoms with Crippen molar-refractivity contribution in [2.75, 3.05) is 29.9 Å². The topological polar surface area (TPSA) is 43.8 Å². The van der Waals surface area contributed by atoms with Crippen molar-refractivity contribution in [3.05, 3.63) is 23.8 Å². The van der Waals surface area contributed by atoms with Crippen LogP contribution in [0.5, 0.6) is 0 Å². The Labute approximate surface area is 126 Å². The number of nitrogens with zero attached hydrogens (tertiary/aromatic N) is 2. The minimum Gasteiger partial charge on any atom is -0.378 e. The molecule has 1 atom stereocenters. The van der Waals surface area contributed by atoms with Crippen LogP contribution in [0.4, 0.5) is 11.4 Å². The van der Waals surface area contributed by atoms with Gasteiger partial charge in [-0.1, -0.05) is 26.3 Å². The fraction of sp³-hybridized carbons (Fsp3) is 0.588. The lowest BCUT2D eigenvalue weighted by molar-refractivity contribution is -0.125. The van der Waals surface area contributed by atoms with Gasteiger partial charge in [-0.25, -0.2) is 0 Å². The second kappa shape index (κ2) is 5.02. The van der Waals surface area contributed by atoms with E-state index in [4.69, 9.17) is 0 Å². The standard InChI is InChI=1S/C17H24N2O2/c1-4-17(2)7-9-19(10-8-17)12-5-6-13-14(11-12)18(3)16(21)15(13)20/h5-6,11,15,20H,4,7-10H2,1-3H3. The number of likely N-dealkylation sites (N-methyl/N-ethyl adjacent to an activating group) is 1. The van der Waals surface area contributed by atoms with Crippen molar-refractivity contribution in [3.63, 3.8) is 0 Å². The fourth-order valence-corrected chi connectivity index (χ4v) is 3.34. The Balaban J connectivity index is 1.82. The van der Waals surface area contributed by atoms with Crippen LogP contribution in [-0.4, -0.2) is 31.2 Å². The molecule has 1 saturated heterocycles. The molecule has 1 aromatic rings. The minimum absolute atomic E-state index is 0.237. The Kier molecular flexibility index (Phi) is 3.44. The van der Waals surface area contributed by atoms with Gasteiger partial charge >= 0.3 is 0 Å². The molecule has 1 aromatic carbocycles. The summed E-state index contributed by atoms with van der Waals surface area (Å²) in [5.41, 5.74) is 3.19. The van der Waals surface area contributed by atoms with E-state index in [0.29, 0.717) is 5.41 Å². The lowest BCUT2D eigenvalue weighted by Crippen LogP contribution is -2.38. The average molecular weight is 288 g/mol. The average Bonchev–Trinajstić information content (AvgIpc) is 2.72. The molecule has 2 aliphatic rings. The van der Waals surface area contributed by atoms with Gasteiger partial charge in [0.05, 0.1) is 5.69 Å². The molecule has 3 rings (SSSR count). The van der Waals surface area contributed by atoms with Crippen LogP contribution in [0.2, 0.25) is 0 Å². The molecule has 21 heavy (non-hydrogen) atoms. The summed E-state index contributed by atoms with van der Waals surface area (Å²) in [5, 5.41) is 9.92. The highest BCUT2D eigenvalue weighted by Crippen LogP contribution is 2.40. The van der Waals surface area contributed by atoms with Crippen molar-refractivity contribution in [2.45, 2.75) is 39.2 Å². The third kappa shape index (κ3) is 2.31. The molecule has 0 radical (unpaired) electrons. The number of piperidine rings is 1. The zero-order valence-electron chi connectivity index (χ0n) is 13.1. The molecule has 0 aromatic heterocycles. The van der Waals surface area contributed by atoms with Gasteiger partial charge in [0, 0.05) is 31.4 Å². The first kappa shape index (κ1) is 14.4. The van der Waals surface area contributed by atoms with E-state index in [0.717, 1.165) is 30.0 Å². The number of carbonyl (C=O) groups excluding carboxylic acids is 1. The van der Waals surface area contributed by atoms with E-state index < -0.39 is 6.10 Å². The maximum atomic E-state index is 11.8. The van der Waals surface area contributed by atoms with Crippen molar-refractivity contribution >= 4 is 17.3 Å². The molecule has 0 bridgehead atoms. The summed E-state index contributed by atoms with van der Waals surface area (Å²) in [7, 11) is 1.73. The number of fused-ring (bicyclic) bond motifs is 1. The lowest BCUT2D eigenvalue weighted by Gasteiger charge is -2.40. The highest BCUT2D eigenvalue weighted by Gasteiger charge is 2.34. The zero-order chi connectivity index (χ0) is 15.2. The third-order valence-corrected chi connectivity index (χ3v) is 5.42. The molecule has 1 fully saturated rings. The van der Waals surface area contributed by atoms with Crippen LogP contribution >= 0.6 is 0 Å². The Hall–Kier alpha value is -1.55. The van der Waals surface area contributed by atoms with Crippen LogP contribution in [0, 0.1) is 5.41 Å². The Morgan fingerprint density at radius 1 is 1.33 bits per heavy atom. The van der Waals surface area contributed by atoms with E-state index in [1.54, 1.807) is 11.9 Å². The van der Waals surface area contributed by atoms with Crippen LogP contribution in [0.3, 0.4) is 0 Å². The SMILES string of the molecule is CCC1(C)CCN(c2ccc3c(c2)N(C)C(=O)C3O)CC1. The first-order valence-electron chi connectivity index (χ1n) is 7.80. The van der Waals surface area contributed by atoms with Gasteiger partial charge < -0.3 is 14.9 Å². The van der Waals surface area contributed by atoms with E-state index in [-0.39, 0.29) is 5.91 Å². The summed E-state index contributed by atoms with van der Waals surface area (Å²) in [6.45, 7) is 6.76. The van der Waals surface area contributed by atoms with Crippen molar-refractivity contribution in [1.82, 2.24) is 0 Å².